The Morgan fingerprint density at radius 1 is 1.21 bits per heavy atom. The Bertz CT molecular complexity index is 600. The summed E-state index contributed by atoms with van der Waals surface area (Å²) >= 11 is 0. The third-order valence-corrected chi connectivity index (χ3v) is 2.18. The van der Waals surface area contributed by atoms with Crippen molar-refractivity contribution in [1.82, 2.24) is 9.97 Å². The van der Waals surface area contributed by atoms with Gasteiger partial charge in [0.2, 0.25) is 0 Å². The van der Waals surface area contributed by atoms with Gasteiger partial charge in [0.1, 0.15) is 17.8 Å². The molecule has 2 rings (SSSR count). The monoisotopic (exact) mass is 263 g/mol. The van der Waals surface area contributed by atoms with Gasteiger partial charge >= 0.3 is 17.4 Å². The molecule has 1 N–H and O–H groups in total. The van der Waals surface area contributed by atoms with E-state index in [9.17, 15) is 10.1 Å². The summed E-state index contributed by atoms with van der Waals surface area (Å²) in [6.45, 7) is 0. The second-order valence-corrected chi connectivity index (χ2v) is 3.39. The molecular formula is C11H9N3O5. The van der Waals surface area contributed by atoms with Gasteiger partial charge in [0.25, 0.3) is 0 Å². The number of nitro groups is 1. The summed E-state index contributed by atoms with van der Waals surface area (Å²) in [6.07, 6.45) is 1.10. The summed E-state index contributed by atoms with van der Waals surface area (Å²) in [4.78, 5) is 17.6. The maximum absolute atomic E-state index is 11.0. The van der Waals surface area contributed by atoms with Crippen molar-refractivity contribution in [2.75, 3.05) is 7.11 Å². The molecule has 0 unspecified atom stereocenters. The van der Waals surface area contributed by atoms with Crippen molar-refractivity contribution < 1.29 is 19.5 Å². The fraction of sp³-hybridized carbons (Fsp3) is 0.0909. The summed E-state index contributed by atoms with van der Waals surface area (Å²) < 4.78 is 10.1. The van der Waals surface area contributed by atoms with E-state index in [1.54, 1.807) is 0 Å². The van der Waals surface area contributed by atoms with E-state index < -0.39 is 10.6 Å². The van der Waals surface area contributed by atoms with E-state index in [1.807, 2.05) is 0 Å². The number of benzene rings is 1. The number of phenols is 1. The second kappa shape index (κ2) is 5.17. The number of rotatable bonds is 4. The number of hydrogen-bond donors (Lipinski definition) is 1. The average Bonchev–Trinajstić information content (AvgIpc) is 2.40. The number of nitrogens with zero attached hydrogens (tertiary/aromatic N) is 3. The van der Waals surface area contributed by atoms with Crippen molar-refractivity contribution in [2.45, 2.75) is 0 Å². The van der Waals surface area contributed by atoms with Gasteiger partial charge in [0.05, 0.1) is 12.0 Å². The first-order chi connectivity index (χ1) is 9.11. The van der Waals surface area contributed by atoms with Gasteiger partial charge in [-0.3, -0.25) is 10.1 Å². The lowest BCUT2D eigenvalue weighted by Crippen LogP contribution is -2.01. The predicted octanol–water partition coefficient (Wildman–Crippen LogP) is 1.89. The first-order valence-corrected chi connectivity index (χ1v) is 5.12. The van der Waals surface area contributed by atoms with Crippen LogP contribution in [0.2, 0.25) is 0 Å². The van der Waals surface area contributed by atoms with E-state index in [0.717, 1.165) is 6.33 Å². The Morgan fingerprint density at radius 3 is 2.42 bits per heavy atom. The maximum Gasteiger partial charge on any atom is 0.392 e. The zero-order valence-electron chi connectivity index (χ0n) is 9.81. The van der Waals surface area contributed by atoms with Gasteiger partial charge < -0.3 is 14.6 Å². The molecular weight excluding hydrogens is 254 g/mol. The molecule has 8 nitrogen and oxygen atoms in total. The molecule has 1 heterocycles. The molecule has 2 aromatic rings. The van der Waals surface area contributed by atoms with Gasteiger partial charge in [-0.15, -0.1) is 0 Å². The van der Waals surface area contributed by atoms with Gasteiger partial charge in [-0.25, -0.2) is 0 Å². The third-order valence-electron chi connectivity index (χ3n) is 2.18. The highest BCUT2D eigenvalue weighted by Crippen LogP contribution is 2.35. The lowest BCUT2D eigenvalue weighted by Gasteiger charge is -2.06. The molecule has 1 aromatic carbocycles. The van der Waals surface area contributed by atoms with E-state index in [4.69, 9.17) is 14.6 Å². The van der Waals surface area contributed by atoms with Gasteiger partial charge in [0, 0.05) is 0 Å². The number of methoxy groups -OCH3 is 1. The highest BCUT2D eigenvalue weighted by atomic mass is 16.6. The van der Waals surface area contributed by atoms with Crippen LogP contribution in [0.4, 0.5) is 5.69 Å². The van der Waals surface area contributed by atoms with E-state index in [2.05, 4.69) is 9.97 Å². The Labute approximate surface area is 107 Å². The molecule has 0 amide bonds. The topological polar surface area (TPSA) is 108 Å². The van der Waals surface area contributed by atoms with Crippen molar-refractivity contribution in [2.24, 2.45) is 0 Å². The van der Waals surface area contributed by atoms with Crippen molar-refractivity contribution >= 4 is 5.69 Å². The number of aromatic hydroxyl groups is 1. The quantitative estimate of drug-likeness (QED) is 0.662. The highest BCUT2D eigenvalue weighted by molar-refractivity contribution is 5.50. The smallest absolute Gasteiger partial charge is 0.392 e. The van der Waals surface area contributed by atoms with Gasteiger partial charge in [-0.05, 0) is 24.3 Å². The minimum absolute atomic E-state index is 0.0575. The van der Waals surface area contributed by atoms with Crippen molar-refractivity contribution in [3.63, 3.8) is 0 Å². The molecule has 0 atom stereocenters. The van der Waals surface area contributed by atoms with Crippen LogP contribution in [0, 0.1) is 10.1 Å². The summed E-state index contributed by atoms with van der Waals surface area (Å²) in [5, 5.41) is 20.1. The predicted molar refractivity (Wildman–Crippen MR) is 63.4 cm³/mol. The molecule has 98 valence electrons. The molecule has 0 saturated carbocycles. The Kier molecular flexibility index (Phi) is 3.42. The second-order valence-electron chi connectivity index (χ2n) is 3.39. The first-order valence-electron chi connectivity index (χ1n) is 5.12. The molecule has 0 aliphatic carbocycles. The first kappa shape index (κ1) is 12.6. The number of phenolic OH excluding ortho intramolecular Hbond substituents is 1. The summed E-state index contributed by atoms with van der Waals surface area (Å²) in [5.74, 6) is -0.0694. The number of hydrogen-bond acceptors (Lipinski definition) is 7. The van der Waals surface area contributed by atoms with E-state index in [-0.39, 0.29) is 17.5 Å². The van der Waals surface area contributed by atoms with E-state index in [1.165, 1.54) is 31.4 Å². The van der Waals surface area contributed by atoms with Crippen LogP contribution in [0.25, 0.3) is 0 Å². The SMILES string of the molecule is COc1ncnc(Oc2ccc(O)cc2)c1[N+](=O)[O-]. The third kappa shape index (κ3) is 2.68. The van der Waals surface area contributed by atoms with E-state index in [0.29, 0.717) is 5.75 Å². The van der Waals surface area contributed by atoms with Crippen molar-refractivity contribution in [3.05, 3.63) is 40.7 Å². The lowest BCUT2D eigenvalue weighted by atomic mass is 10.3. The van der Waals surface area contributed by atoms with Gasteiger partial charge in [-0.1, -0.05) is 0 Å². The Morgan fingerprint density at radius 2 is 1.84 bits per heavy atom. The molecule has 19 heavy (non-hydrogen) atoms. The summed E-state index contributed by atoms with van der Waals surface area (Å²) in [7, 11) is 1.26. The standard InChI is InChI=1S/C11H9N3O5/c1-18-10-9(14(16)17)11(13-6-12-10)19-8-4-2-7(15)3-5-8/h2-6,15H,1H3. The molecule has 0 fully saturated rings. The zero-order valence-corrected chi connectivity index (χ0v) is 9.81. The van der Waals surface area contributed by atoms with Crippen LogP contribution in [0.15, 0.2) is 30.6 Å². The zero-order chi connectivity index (χ0) is 13.8. The normalized spacial score (nSPS) is 9.95. The van der Waals surface area contributed by atoms with Gasteiger partial charge in [-0.2, -0.15) is 9.97 Å². The number of aromatic nitrogens is 2. The molecule has 0 aliphatic heterocycles. The molecule has 0 saturated heterocycles. The van der Waals surface area contributed by atoms with Crippen LogP contribution >= 0.6 is 0 Å². The summed E-state index contributed by atoms with van der Waals surface area (Å²) in [5.41, 5.74) is -0.460. The van der Waals surface area contributed by atoms with Crippen LogP contribution in [0.5, 0.6) is 23.3 Å². The lowest BCUT2D eigenvalue weighted by molar-refractivity contribution is -0.387. The van der Waals surface area contributed by atoms with Crippen molar-refractivity contribution in [3.8, 4) is 23.3 Å². The average molecular weight is 263 g/mol. The molecule has 1 aromatic heterocycles. The van der Waals surface area contributed by atoms with E-state index >= 15 is 0 Å². The van der Waals surface area contributed by atoms with Crippen molar-refractivity contribution in [1.29, 1.82) is 0 Å². The van der Waals surface area contributed by atoms with Crippen LogP contribution in [0.3, 0.4) is 0 Å². The van der Waals surface area contributed by atoms with Crippen LogP contribution < -0.4 is 9.47 Å². The van der Waals surface area contributed by atoms with Crippen LogP contribution in [-0.2, 0) is 0 Å². The molecule has 0 radical (unpaired) electrons. The molecule has 8 heteroatoms. The van der Waals surface area contributed by atoms with Gasteiger partial charge in [0.15, 0.2) is 0 Å². The minimum atomic E-state index is -0.686. The molecule has 0 spiro atoms. The fourth-order valence-electron chi connectivity index (χ4n) is 1.35. The fourth-order valence-corrected chi connectivity index (χ4v) is 1.35. The maximum atomic E-state index is 11.0. The Balaban J connectivity index is 2.39. The van der Waals surface area contributed by atoms with Crippen LogP contribution in [-0.4, -0.2) is 27.1 Å². The molecule has 0 aliphatic rings. The Hall–Kier alpha value is -2.90. The minimum Gasteiger partial charge on any atom is -0.508 e. The largest absolute Gasteiger partial charge is 0.508 e. The van der Waals surface area contributed by atoms with Crippen LogP contribution in [0.1, 0.15) is 0 Å². The summed E-state index contributed by atoms with van der Waals surface area (Å²) in [6, 6.07) is 5.68. The highest BCUT2D eigenvalue weighted by Gasteiger charge is 2.25. The molecule has 0 bridgehead atoms. The number of ether oxygens (including phenoxy) is 2.